The Balaban J connectivity index is 2.46. The summed E-state index contributed by atoms with van der Waals surface area (Å²) >= 11 is 0. The Morgan fingerprint density at radius 1 is 1.14 bits per heavy atom. The molecule has 0 spiro atoms. The third-order valence-electron chi connectivity index (χ3n) is 2.90. The molecule has 110 valence electrons. The number of amides is 1. The summed E-state index contributed by atoms with van der Waals surface area (Å²) < 4.78 is 26.9. The van der Waals surface area contributed by atoms with Crippen LogP contribution in [0.4, 0.5) is 25.8 Å². The second-order valence-electron chi connectivity index (χ2n) is 4.73. The highest BCUT2D eigenvalue weighted by atomic mass is 19.2. The summed E-state index contributed by atoms with van der Waals surface area (Å²) in [6.07, 6.45) is 0. The third-order valence-corrected chi connectivity index (χ3v) is 2.90. The zero-order valence-electron chi connectivity index (χ0n) is 11.7. The molecule has 21 heavy (non-hydrogen) atoms. The van der Waals surface area contributed by atoms with Gasteiger partial charge in [0.1, 0.15) is 0 Å². The van der Waals surface area contributed by atoms with E-state index in [1.54, 1.807) is 20.2 Å². The van der Waals surface area contributed by atoms with Crippen molar-refractivity contribution in [3.05, 3.63) is 53.6 Å². The Labute approximate surface area is 121 Å². The summed E-state index contributed by atoms with van der Waals surface area (Å²) in [6, 6.07) is 8.39. The van der Waals surface area contributed by atoms with Gasteiger partial charge >= 0.3 is 0 Å². The molecule has 4 nitrogen and oxygen atoms in total. The van der Waals surface area contributed by atoms with Crippen LogP contribution in [0.1, 0.15) is 10.4 Å². The molecule has 0 saturated heterocycles. The first-order valence-corrected chi connectivity index (χ1v) is 6.22. The lowest BCUT2D eigenvalue weighted by atomic mass is 10.1. The lowest BCUT2D eigenvalue weighted by molar-refractivity contribution is 0.0828. The van der Waals surface area contributed by atoms with Crippen LogP contribution in [0.5, 0.6) is 0 Å². The van der Waals surface area contributed by atoms with Crippen molar-refractivity contribution in [1.82, 2.24) is 4.90 Å². The Bertz CT molecular complexity index is 687. The predicted molar refractivity (Wildman–Crippen MR) is 78.5 cm³/mol. The summed E-state index contributed by atoms with van der Waals surface area (Å²) in [5.41, 5.74) is 6.67. The molecule has 0 fully saturated rings. The van der Waals surface area contributed by atoms with E-state index >= 15 is 0 Å². The monoisotopic (exact) mass is 291 g/mol. The molecule has 1 amide bonds. The van der Waals surface area contributed by atoms with Crippen molar-refractivity contribution >= 4 is 23.0 Å². The molecular formula is C15H15F2N3O. The van der Waals surface area contributed by atoms with Gasteiger partial charge in [-0.3, -0.25) is 4.79 Å². The summed E-state index contributed by atoms with van der Waals surface area (Å²) in [7, 11) is 3.20. The van der Waals surface area contributed by atoms with Crippen LogP contribution in [-0.2, 0) is 0 Å². The number of rotatable bonds is 3. The third kappa shape index (κ3) is 3.10. The van der Waals surface area contributed by atoms with Crippen LogP contribution < -0.4 is 11.1 Å². The average molecular weight is 291 g/mol. The molecule has 0 saturated carbocycles. The van der Waals surface area contributed by atoms with Gasteiger partial charge < -0.3 is 16.0 Å². The molecule has 0 aromatic heterocycles. The number of nitrogen functional groups attached to an aromatic ring is 1. The van der Waals surface area contributed by atoms with Crippen LogP contribution in [-0.4, -0.2) is 24.9 Å². The number of hydrogen-bond acceptors (Lipinski definition) is 3. The maximum absolute atomic E-state index is 13.7. The summed E-state index contributed by atoms with van der Waals surface area (Å²) in [4.78, 5) is 13.5. The maximum Gasteiger partial charge on any atom is 0.255 e. The normalized spacial score (nSPS) is 10.3. The fourth-order valence-corrected chi connectivity index (χ4v) is 1.84. The van der Waals surface area contributed by atoms with Crippen molar-refractivity contribution in [2.75, 3.05) is 25.1 Å². The number of nitrogens with zero attached hydrogens (tertiary/aromatic N) is 1. The van der Waals surface area contributed by atoms with Gasteiger partial charge in [-0.25, -0.2) is 8.78 Å². The van der Waals surface area contributed by atoms with Crippen LogP contribution in [0.25, 0.3) is 0 Å². The van der Waals surface area contributed by atoms with E-state index in [0.29, 0.717) is 16.9 Å². The van der Waals surface area contributed by atoms with E-state index in [0.717, 1.165) is 6.07 Å². The summed E-state index contributed by atoms with van der Waals surface area (Å²) in [5, 5.41) is 2.72. The highest BCUT2D eigenvalue weighted by molar-refractivity contribution is 6.00. The number of halogens is 2. The van der Waals surface area contributed by atoms with E-state index in [-0.39, 0.29) is 11.6 Å². The fourth-order valence-electron chi connectivity index (χ4n) is 1.84. The number of hydrogen-bond donors (Lipinski definition) is 2. The van der Waals surface area contributed by atoms with E-state index in [2.05, 4.69) is 5.32 Å². The molecule has 2 rings (SSSR count). The van der Waals surface area contributed by atoms with Gasteiger partial charge in [-0.2, -0.15) is 0 Å². The Hall–Kier alpha value is -2.63. The molecule has 6 heteroatoms. The van der Waals surface area contributed by atoms with Gasteiger partial charge in [-0.05, 0) is 30.3 Å². The van der Waals surface area contributed by atoms with Gasteiger partial charge in [0.25, 0.3) is 5.91 Å². The molecule has 0 heterocycles. The van der Waals surface area contributed by atoms with Crippen LogP contribution in [0.2, 0.25) is 0 Å². The average Bonchev–Trinajstić information content (AvgIpc) is 2.43. The minimum absolute atomic E-state index is 0.0617. The summed E-state index contributed by atoms with van der Waals surface area (Å²) in [6.45, 7) is 0. The van der Waals surface area contributed by atoms with Crippen LogP contribution in [0.3, 0.4) is 0 Å². The molecule has 0 atom stereocenters. The van der Waals surface area contributed by atoms with Gasteiger partial charge in [-0.1, -0.05) is 6.07 Å². The lowest BCUT2D eigenvalue weighted by Gasteiger charge is -2.16. The second-order valence-corrected chi connectivity index (χ2v) is 4.73. The number of carbonyl (C=O) groups excluding carboxylic acids is 1. The van der Waals surface area contributed by atoms with Crippen molar-refractivity contribution in [2.24, 2.45) is 0 Å². The Morgan fingerprint density at radius 3 is 2.52 bits per heavy atom. The van der Waals surface area contributed by atoms with Gasteiger partial charge in [0.2, 0.25) is 0 Å². The number of nitrogens with two attached hydrogens (primary N) is 1. The minimum atomic E-state index is -1.01. The maximum atomic E-state index is 13.7. The topological polar surface area (TPSA) is 58.4 Å². The van der Waals surface area contributed by atoms with Gasteiger partial charge in [-0.15, -0.1) is 0 Å². The smallest absolute Gasteiger partial charge is 0.255 e. The van der Waals surface area contributed by atoms with E-state index in [1.807, 2.05) is 0 Å². The number of anilines is 3. The molecule has 0 aliphatic carbocycles. The van der Waals surface area contributed by atoms with Crippen molar-refractivity contribution in [1.29, 1.82) is 0 Å². The van der Waals surface area contributed by atoms with Crippen molar-refractivity contribution in [3.63, 3.8) is 0 Å². The fraction of sp³-hybridized carbons (Fsp3) is 0.133. The van der Waals surface area contributed by atoms with E-state index < -0.39 is 11.6 Å². The van der Waals surface area contributed by atoms with Gasteiger partial charge in [0, 0.05) is 19.8 Å². The van der Waals surface area contributed by atoms with Crippen LogP contribution in [0.15, 0.2) is 36.4 Å². The first-order valence-electron chi connectivity index (χ1n) is 6.22. The number of nitrogens with one attached hydrogen (secondary N) is 1. The van der Waals surface area contributed by atoms with E-state index in [1.165, 1.54) is 29.2 Å². The quantitative estimate of drug-likeness (QED) is 0.855. The van der Waals surface area contributed by atoms with E-state index in [9.17, 15) is 13.6 Å². The molecule has 0 aliphatic heterocycles. The van der Waals surface area contributed by atoms with Gasteiger partial charge in [0.05, 0.1) is 16.9 Å². The molecule has 0 unspecified atom stereocenters. The lowest BCUT2D eigenvalue weighted by Crippen LogP contribution is -2.22. The molecular weight excluding hydrogens is 276 g/mol. The number of benzene rings is 2. The minimum Gasteiger partial charge on any atom is -0.399 e. The zero-order chi connectivity index (χ0) is 15.6. The Kier molecular flexibility index (Phi) is 4.07. The van der Waals surface area contributed by atoms with Crippen molar-refractivity contribution in [2.45, 2.75) is 0 Å². The molecule has 0 aliphatic rings. The van der Waals surface area contributed by atoms with Crippen molar-refractivity contribution in [3.8, 4) is 0 Å². The van der Waals surface area contributed by atoms with E-state index in [4.69, 9.17) is 5.73 Å². The molecule has 0 bridgehead atoms. The van der Waals surface area contributed by atoms with Crippen molar-refractivity contribution < 1.29 is 13.6 Å². The standard InChI is InChI=1S/C15H15F2N3O/c1-20(2)15(21)10-7-6-9(18)8-13(10)19-12-5-3-4-11(16)14(12)17/h3-8,19H,18H2,1-2H3. The largest absolute Gasteiger partial charge is 0.399 e. The zero-order valence-corrected chi connectivity index (χ0v) is 11.7. The first kappa shape index (κ1) is 14.8. The first-order chi connectivity index (χ1) is 9.90. The molecule has 0 radical (unpaired) electrons. The molecule has 3 N–H and O–H groups in total. The Morgan fingerprint density at radius 2 is 1.86 bits per heavy atom. The second kappa shape index (κ2) is 5.78. The van der Waals surface area contributed by atoms with Crippen LogP contribution >= 0.6 is 0 Å². The highest BCUT2D eigenvalue weighted by Gasteiger charge is 2.15. The van der Waals surface area contributed by atoms with Crippen LogP contribution in [0, 0.1) is 11.6 Å². The molecule has 2 aromatic carbocycles. The predicted octanol–water partition coefficient (Wildman–Crippen LogP) is 2.99. The molecule has 2 aromatic rings. The highest BCUT2D eigenvalue weighted by Crippen LogP contribution is 2.26. The van der Waals surface area contributed by atoms with Gasteiger partial charge in [0.15, 0.2) is 11.6 Å². The number of carbonyl (C=O) groups is 1. The SMILES string of the molecule is CN(C)C(=O)c1ccc(N)cc1Nc1cccc(F)c1F. The summed E-state index contributed by atoms with van der Waals surface area (Å²) in [5.74, 6) is -2.25.